The zero-order valence-corrected chi connectivity index (χ0v) is 11.3. The Hall–Kier alpha value is -1.52. The van der Waals surface area contributed by atoms with Crippen LogP contribution in [0.1, 0.15) is 6.92 Å². The van der Waals surface area contributed by atoms with Crippen LogP contribution in [0.3, 0.4) is 0 Å². The van der Waals surface area contributed by atoms with Crippen molar-refractivity contribution in [2.45, 2.75) is 6.92 Å². The van der Waals surface area contributed by atoms with E-state index < -0.39 is 0 Å². The van der Waals surface area contributed by atoms with Gasteiger partial charge in [0.05, 0.1) is 10.0 Å². The number of halogens is 2. The van der Waals surface area contributed by atoms with Gasteiger partial charge in [-0.3, -0.25) is 0 Å². The Kier molecular flexibility index (Phi) is 4.23. The summed E-state index contributed by atoms with van der Waals surface area (Å²) < 4.78 is 0. The number of anilines is 3. The molecule has 6 heteroatoms. The predicted molar refractivity (Wildman–Crippen MR) is 75.9 cm³/mol. The van der Waals surface area contributed by atoms with Crippen molar-refractivity contribution >= 4 is 40.7 Å². The van der Waals surface area contributed by atoms with Gasteiger partial charge in [-0.05, 0) is 31.2 Å². The van der Waals surface area contributed by atoms with Gasteiger partial charge < -0.3 is 10.6 Å². The zero-order valence-electron chi connectivity index (χ0n) is 9.74. The van der Waals surface area contributed by atoms with Gasteiger partial charge in [0, 0.05) is 18.4 Å². The van der Waals surface area contributed by atoms with Crippen molar-refractivity contribution in [3.05, 3.63) is 40.5 Å². The second-order valence-electron chi connectivity index (χ2n) is 3.55. The van der Waals surface area contributed by atoms with Crippen LogP contribution in [-0.4, -0.2) is 16.5 Å². The molecule has 2 rings (SSSR count). The van der Waals surface area contributed by atoms with Crippen LogP contribution in [0.15, 0.2) is 30.5 Å². The summed E-state index contributed by atoms with van der Waals surface area (Å²) >= 11 is 11.8. The second-order valence-corrected chi connectivity index (χ2v) is 4.36. The number of hydrogen-bond acceptors (Lipinski definition) is 4. The van der Waals surface area contributed by atoms with Gasteiger partial charge in [-0.15, -0.1) is 0 Å². The van der Waals surface area contributed by atoms with Gasteiger partial charge >= 0.3 is 0 Å². The highest BCUT2D eigenvalue weighted by Crippen LogP contribution is 2.26. The Morgan fingerprint density at radius 3 is 2.72 bits per heavy atom. The van der Waals surface area contributed by atoms with Gasteiger partial charge in [0.25, 0.3) is 0 Å². The van der Waals surface area contributed by atoms with Gasteiger partial charge in [0.2, 0.25) is 5.95 Å². The lowest BCUT2D eigenvalue weighted by Crippen LogP contribution is -2.03. The monoisotopic (exact) mass is 282 g/mol. The van der Waals surface area contributed by atoms with Crippen molar-refractivity contribution in [1.29, 1.82) is 0 Å². The molecule has 4 nitrogen and oxygen atoms in total. The van der Waals surface area contributed by atoms with Gasteiger partial charge in [-0.2, -0.15) is 4.98 Å². The highest BCUT2D eigenvalue weighted by molar-refractivity contribution is 6.42. The van der Waals surface area contributed by atoms with E-state index in [0.717, 1.165) is 12.2 Å². The molecule has 0 aliphatic carbocycles. The van der Waals surface area contributed by atoms with Crippen molar-refractivity contribution in [2.24, 2.45) is 0 Å². The van der Waals surface area contributed by atoms with Gasteiger partial charge in [0.1, 0.15) is 5.82 Å². The lowest BCUT2D eigenvalue weighted by Gasteiger charge is -2.08. The molecule has 0 radical (unpaired) electrons. The van der Waals surface area contributed by atoms with Gasteiger partial charge in [0.15, 0.2) is 0 Å². The SMILES string of the molecule is CCNc1nccc(Nc2ccc(Cl)c(Cl)c2)n1. The second kappa shape index (κ2) is 5.89. The minimum atomic E-state index is 0.502. The molecule has 94 valence electrons. The lowest BCUT2D eigenvalue weighted by molar-refractivity contribution is 1.09. The molecular formula is C12H12Cl2N4. The van der Waals surface area contributed by atoms with Crippen molar-refractivity contribution in [1.82, 2.24) is 9.97 Å². The van der Waals surface area contributed by atoms with E-state index in [1.165, 1.54) is 0 Å². The van der Waals surface area contributed by atoms with Crippen LogP contribution < -0.4 is 10.6 Å². The molecule has 0 atom stereocenters. The molecule has 1 aromatic heterocycles. The topological polar surface area (TPSA) is 49.8 Å². The van der Waals surface area contributed by atoms with Crippen molar-refractivity contribution in [3.63, 3.8) is 0 Å². The maximum absolute atomic E-state index is 5.94. The van der Waals surface area contributed by atoms with Gasteiger partial charge in [-0.25, -0.2) is 4.98 Å². The Morgan fingerprint density at radius 1 is 1.17 bits per heavy atom. The Balaban J connectivity index is 2.17. The Morgan fingerprint density at radius 2 is 2.00 bits per heavy atom. The summed E-state index contributed by atoms with van der Waals surface area (Å²) in [5, 5.41) is 7.21. The third kappa shape index (κ3) is 3.24. The minimum absolute atomic E-state index is 0.502. The summed E-state index contributed by atoms with van der Waals surface area (Å²) in [4.78, 5) is 8.39. The summed E-state index contributed by atoms with van der Waals surface area (Å²) in [6, 6.07) is 7.10. The molecule has 0 saturated heterocycles. The van der Waals surface area contributed by atoms with Crippen LogP contribution in [0, 0.1) is 0 Å². The molecule has 0 fully saturated rings. The highest BCUT2D eigenvalue weighted by Gasteiger charge is 2.02. The molecule has 2 aromatic rings. The molecule has 1 heterocycles. The summed E-state index contributed by atoms with van der Waals surface area (Å²) in [5.41, 5.74) is 0.825. The van der Waals surface area contributed by atoms with Crippen molar-refractivity contribution in [3.8, 4) is 0 Å². The third-order valence-corrected chi connectivity index (χ3v) is 2.92. The molecule has 0 amide bonds. The fourth-order valence-electron chi connectivity index (χ4n) is 1.39. The standard InChI is InChI=1S/C12H12Cl2N4/c1-2-15-12-16-6-5-11(18-12)17-8-3-4-9(13)10(14)7-8/h3-7H,2H2,1H3,(H2,15,16,17,18). The Labute approximate surface area is 115 Å². The first kappa shape index (κ1) is 12.9. The molecule has 18 heavy (non-hydrogen) atoms. The number of nitrogens with zero attached hydrogens (tertiary/aromatic N) is 2. The van der Waals surface area contributed by atoms with E-state index in [1.54, 1.807) is 24.4 Å². The summed E-state index contributed by atoms with van der Waals surface area (Å²) in [5.74, 6) is 1.28. The predicted octanol–water partition coefficient (Wildman–Crippen LogP) is 3.96. The van der Waals surface area contributed by atoms with Crippen LogP contribution in [0.2, 0.25) is 10.0 Å². The van der Waals surface area contributed by atoms with Crippen LogP contribution >= 0.6 is 23.2 Å². The van der Waals surface area contributed by atoms with E-state index >= 15 is 0 Å². The molecule has 1 aromatic carbocycles. The summed E-state index contributed by atoms with van der Waals surface area (Å²) in [6.45, 7) is 2.76. The number of benzene rings is 1. The average molecular weight is 283 g/mol. The Bertz CT molecular complexity index is 545. The first-order valence-corrected chi connectivity index (χ1v) is 6.23. The first-order valence-electron chi connectivity index (χ1n) is 5.48. The number of hydrogen-bond donors (Lipinski definition) is 2. The normalized spacial score (nSPS) is 10.2. The quantitative estimate of drug-likeness (QED) is 0.891. The molecule has 0 saturated carbocycles. The summed E-state index contributed by atoms with van der Waals surface area (Å²) in [6.07, 6.45) is 1.69. The number of rotatable bonds is 4. The fourth-order valence-corrected chi connectivity index (χ4v) is 1.69. The van der Waals surface area contributed by atoms with E-state index in [9.17, 15) is 0 Å². The van der Waals surface area contributed by atoms with E-state index in [1.807, 2.05) is 13.0 Å². The van der Waals surface area contributed by atoms with Crippen molar-refractivity contribution < 1.29 is 0 Å². The lowest BCUT2D eigenvalue weighted by atomic mass is 10.3. The van der Waals surface area contributed by atoms with E-state index in [4.69, 9.17) is 23.2 Å². The summed E-state index contributed by atoms with van der Waals surface area (Å²) in [7, 11) is 0. The maximum Gasteiger partial charge on any atom is 0.224 e. The largest absolute Gasteiger partial charge is 0.354 e. The van der Waals surface area contributed by atoms with Crippen LogP contribution in [0.25, 0.3) is 0 Å². The molecule has 2 N–H and O–H groups in total. The zero-order chi connectivity index (χ0) is 13.0. The molecule has 0 unspecified atom stereocenters. The van der Waals surface area contributed by atoms with E-state index in [0.29, 0.717) is 21.8 Å². The molecule has 0 aliphatic heterocycles. The molecule has 0 bridgehead atoms. The molecular weight excluding hydrogens is 271 g/mol. The molecule has 0 aliphatic rings. The minimum Gasteiger partial charge on any atom is -0.354 e. The average Bonchev–Trinajstić information content (AvgIpc) is 2.35. The first-order chi connectivity index (χ1) is 8.69. The smallest absolute Gasteiger partial charge is 0.224 e. The number of aromatic nitrogens is 2. The van der Waals surface area contributed by atoms with Crippen molar-refractivity contribution in [2.75, 3.05) is 17.2 Å². The van der Waals surface area contributed by atoms with E-state index in [-0.39, 0.29) is 0 Å². The van der Waals surface area contributed by atoms with E-state index in [2.05, 4.69) is 20.6 Å². The van der Waals surface area contributed by atoms with Crippen LogP contribution in [0.5, 0.6) is 0 Å². The van der Waals surface area contributed by atoms with Crippen LogP contribution in [0.4, 0.5) is 17.5 Å². The third-order valence-electron chi connectivity index (χ3n) is 2.18. The number of nitrogens with one attached hydrogen (secondary N) is 2. The highest BCUT2D eigenvalue weighted by atomic mass is 35.5. The van der Waals surface area contributed by atoms with Crippen LogP contribution in [-0.2, 0) is 0 Å². The molecule has 0 spiro atoms. The fraction of sp³-hybridized carbons (Fsp3) is 0.167. The van der Waals surface area contributed by atoms with Gasteiger partial charge in [-0.1, -0.05) is 23.2 Å². The maximum atomic E-state index is 5.94.